The lowest BCUT2D eigenvalue weighted by Crippen LogP contribution is -2.39. The summed E-state index contributed by atoms with van der Waals surface area (Å²) in [5, 5.41) is 13.1. The number of hydrogen-bond acceptors (Lipinski definition) is 3. The van der Waals surface area contributed by atoms with Gasteiger partial charge in [-0.15, -0.1) is 11.3 Å². The Morgan fingerprint density at radius 2 is 2.08 bits per heavy atom. The number of nitrogens with one attached hydrogen (secondary N) is 1. The number of nitriles is 1. The Balaban J connectivity index is 1.69. The number of rotatable bonds is 5. The maximum absolute atomic E-state index is 12.3. The summed E-state index contributed by atoms with van der Waals surface area (Å²) in [6, 6.07) is 6.40. The van der Waals surface area contributed by atoms with E-state index in [1.165, 1.54) is 16.9 Å². The molecular weight excluding hydrogens is 318 g/mol. The van der Waals surface area contributed by atoms with Crippen molar-refractivity contribution in [1.29, 1.82) is 5.26 Å². The lowest BCUT2D eigenvalue weighted by Gasteiger charge is -2.09. The fraction of sp³-hybridized carbons (Fsp3) is 0.421. The molecule has 0 aliphatic heterocycles. The first kappa shape index (κ1) is 16.7. The van der Waals surface area contributed by atoms with Gasteiger partial charge >= 0.3 is 0 Å². The van der Waals surface area contributed by atoms with E-state index in [4.69, 9.17) is 0 Å². The number of thiophene rings is 1. The van der Waals surface area contributed by atoms with E-state index >= 15 is 0 Å². The van der Waals surface area contributed by atoms with Crippen molar-refractivity contribution in [2.24, 2.45) is 0 Å². The molecule has 3 rings (SSSR count). The van der Waals surface area contributed by atoms with Gasteiger partial charge in [-0.3, -0.25) is 4.79 Å². The SMILES string of the molecule is CCCc1cc[n+](CC(=O)Nc2sc3c(c2C#N)CCCC3)cc1. The number of carbonyl (C=O) groups excluding carboxylic acids is 1. The summed E-state index contributed by atoms with van der Waals surface area (Å²) in [7, 11) is 0. The maximum atomic E-state index is 12.3. The third kappa shape index (κ3) is 3.65. The van der Waals surface area contributed by atoms with Crippen molar-refractivity contribution in [2.75, 3.05) is 5.32 Å². The summed E-state index contributed by atoms with van der Waals surface area (Å²) < 4.78 is 1.87. The number of aryl methyl sites for hydroxylation is 2. The van der Waals surface area contributed by atoms with Gasteiger partial charge in [0.15, 0.2) is 12.4 Å². The standard InChI is InChI=1S/C19H21N3OS/c1-2-5-14-8-10-22(11-9-14)13-18(23)21-19-16(12-20)15-6-3-4-7-17(15)24-19/h8-11H,2-7,13H2,1H3/p+1. The average Bonchev–Trinajstić information content (AvgIpc) is 2.93. The van der Waals surface area contributed by atoms with Gasteiger partial charge in [-0.2, -0.15) is 9.83 Å². The fourth-order valence-electron chi connectivity index (χ4n) is 3.15. The molecule has 0 radical (unpaired) electrons. The first-order chi connectivity index (χ1) is 11.7. The van der Waals surface area contributed by atoms with Gasteiger partial charge in [0.05, 0.1) is 5.56 Å². The number of aromatic nitrogens is 1. The Morgan fingerprint density at radius 1 is 1.33 bits per heavy atom. The molecule has 24 heavy (non-hydrogen) atoms. The van der Waals surface area contributed by atoms with Crippen molar-refractivity contribution >= 4 is 22.2 Å². The molecule has 0 spiro atoms. The fourth-order valence-corrected chi connectivity index (χ4v) is 4.41. The average molecular weight is 340 g/mol. The highest BCUT2D eigenvalue weighted by Crippen LogP contribution is 2.37. The summed E-state index contributed by atoms with van der Waals surface area (Å²) in [6.45, 7) is 2.42. The van der Waals surface area contributed by atoms with Crippen LogP contribution in [0.1, 0.15) is 47.8 Å². The number of anilines is 1. The van der Waals surface area contributed by atoms with Crippen LogP contribution in [0.4, 0.5) is 5.00 Å². The summed E-state index contributed by atoms with van der Waals surface area (Å²) in [4.78, 5) is 13.6. The molecule has 0 bridgehead atoms. The molecule has 1 N–H and O–H groups in total. The monoisotopic (exact) mass is 340 g/mol. The zero-order valence-corrected chi connectivity index (χ0v) is 14.8. The number of hydrogen-bond donors (Lipinski definition) is 1. The van der Waals surface area contributed by atoms with Crippen LogP contribution < -0.4 is 9.88 Å². The number of amides is 1. The molecule has 0 aromatic carbocycles. The second-order valence-corrected chi connectivity index (χ2v) is 7.31. The molecular formula is C19H22N3OS+. The minimum atomic E-state index is -0.0849. The zero-order valence-electron chi connectivity index (χ0n) is 14.0. The number of carbonyl (C=O) groups is 1. The van der Waals surface area contributed by atoms with Crippen molar-refractivity contribution < 1.29 is 9.36 Å². The molecule has 5 heteroatoms. The van der Waals surface area contributed by atoms with E-state index in [1.807, 2.05) is 17.0 Å². The van der Waals surface area contributed by atoms with Crippen LogP contribution in [0.25, 0.3) is 0 Å². The van der Waals surface area contributed by atoms with Crippen LogP contribution in [0.2, 0.25) is 0 Å². The molecule has 124 valence electrons. The minimum Gasteiger partial charge on any atom is -0.311 e. The van der Waals surface area contributed by atoms with E-state index in [9.17, 15) is 10.1 Å². The molecule has 1 amide bonds. The summed E-state index contributed by atoms with van der Waals surface area (Å²) >= 11 is 1.57. The highest BCUT2D eigenvalue weighted by molar-refractivity contribution is 7.16. The van der Waals surface area contributed by atoms with Crippen LogP contribution in [0.15, 0.2) is 24.5 Å². The first-order valence-corrected chi connectivity index (χ1v) is 9.35. The highest BCUT2D eigenvalue weighted by Gasteiger charge is 2.22. The van der Waals surface area contributed by atoms with Crippen molar-refractivity contribution in [3.05, 3.63) is 46.1 Å². The van der Waals surface area contributed by atoms with E-state index in [1.54, 1.807) is 11.3 Å². The first-order valence-electron chi connectivity index (χ1n) is 8.53. The molecule has 1 aliphatic carbocycles. The van der Waals surface area contributed by atoms with Crippen molar-refractivity contribution in [1.82, 2.24) is 0 Å². The van der Waals surface area contributed by atoms with Crippen LogP contribution in [-0.2, 0) is 30.6 Å². The second-order valence-electron chi connectivity index (χ2n) is 6.20. The Kier molecular flexibility index (Phi) is 5.27. The molecule has 2 heterocycles. The van der Waals surface area contributed by atoms with Crippen LogP contribution >= 0.6 is 11.3 Å². The maximum Gasteiger partial charge on any atom is 0.290 e. The number of pyridine rings is 1. The topological polar surface area (TPSA) is 56.8 Å². The molecule has 0 saturated heterocycles. The Morgan fingerprint density at radius 3 is 2.79 bits per heavy atom. The Hall–Kier alpha value is -2.19. The molecule has 2 aromatic heterocycles. The third-order valence-corrected chi connectivity index (χ3v) is 5.57. The van der Waals surface area contributed by atoms with Crippen LogP contribution in [0.5, 0.6) is 0 Å². The lowest BCUT2D eigenvalue weighted by molar-refractivity contribution is -0.684. The van der Waals surface area contributed by atoms with Crippen LogP contribution in [0.3, 0.4) is 0 Å². The third-order valence-electron chi connectivity index (χ3n) is 4.36. The predicted octanol–water partition coefficient (Wildman–Crippen LogP) is 3.38. The molecule has 0 atom stereocenters. The van der Waals surface area contributed by atoms with Gasteiger partial charge in [0.25, 0.3) is 5.91 Å². The van der Waals surface area contributed by atoms with Gasteiger partial charge in [-0.1, -0.05) is 13.3 Å². The van der Waals surface area contributed by atoms with Gasteiger partial charge in [0.1, 0.15) is 11.1 Å². The second kappa shape index (κ2) is 7.59. The lowest BCUT2D eigenvalue weighted by atomic mass is 9.96. The van der Waals surface area contributed by atoms with Gasteiger partial charge < -0.3 is 5.32 Å². The quantitative estimate of drug-likeness (QED) is 0.848. The number of nitrogens with zero attached hydrogens (tertiary/aromatic N) is 2. The van der Waals surface area contributed by atoms with Crippen LogP contribution in [-0.4, -0.2) is 5.91 Å². The van der Waals surface area contributed by atoms with E-state index < -0.39 is 0 Å². The Labute approximate surface area is 146 Å². The van der Waals surface area contributed by atoms with E-state index in [2.05, 4.69) is 30.4 Å². The minimum absolute atomic E-state index is 0.0849. The predicted molar refractivity (Wildman–Crippen MR) is 94.9 cm³/mol. The van der Waals surface area contributed by atoms with Gasteiger partial charge in [0.2, 0.25) is 6.54 Å². The van der Waals surface area contributed by atoms with Gasteiger partial charge in [0, 0.05) is 17.0 Å². The molecule has 0 saturated carbocycles. The zero-order chi connectivity index (χ0) is 16.9. The largest absolute Gasteiger partial charge is 0.311 e. The molecule has 0 fully saturated rings. The molecule has 4 nitrogen and oxygen atoms in total. The van der Waals surface area contributed by atoms with Crippen molar-refractivity contribution in [2.45, 2.75) is 52.0 Å². The van der Waals surface area contributed by atoms with Gasteiger partial charge in [-0.05, 0) is 43.2 Å². The summed E-state index contributed by atoms with van der Waals surface area (Å²) in [6.07, 6.45) is 10.3. The van der Waals surface area contributed by atoms with E-state index in [-0.39, 0.29) is 12.5 Å². The van der Waals surface area contributed by atoms with Crippen LogP contribution in [0, 0.1) is 11.3 Å². The van der Waals surface area contributed by atoms with E-state index in [0.717, 1.165) is 42.7 Å². The molecule has 0 unspecified atom stereocenters. The smallest absolute Gasteiger partial charge is 0.290 e. The molecule has 1 aliphatic rings. The van der Waals surface area contributed by atoms with E-state index in [0.29, 0.717) is 5.56 Å². The Bertz CT molecular complexity index is 771. The highest BCUT2D eigenvalue weighted by atomic mass is 32.1. The van der Waals surface area contributed by atoms with Crippen molar-refractivity contribution in [3.8, 4) is 6.07 Å². The summed E-state index contributed by atoms with van der Waals surface area (Å²) in [5.41, 5.74) is 3.11. The van der Waals surface area contributed by atoms with Gasteiger partial charge in [-0.25, -0.2) is 0 Å². The number of fused-ring (bicyclic) bond motifs is 1. The molecule has 2 aromatic rings. The normalized spacial score (nSPS) is 13.2. The summed E-state index contributed by atoms with van der Waals surface area (Å²) in [5.74, 6) is -0.0849. The van der Waals surface area contributed by atoms with Crippen molar-refractivity contribution in [3.63, 3.8) is 0 Å².